The highest BCUT2D eigenvalue weighted by Crippen LogP contribution is 2.25. The number of amides is 1. The lowest BCUT2D eigenvalue weighted by molar-refractivity contribution is -0.148. The van der Waals surface area contributed by atoms with Gasteiger partial charge in [-0.15, -0.1) is 0 Å². The van der Waals surface area contributed by atoms with E-state index in [9.17, 15) is 18.4 Å². The van der Waals surface area contributed by atoms with Gasteiger partial charge in [-0.25, -0.2) is 13.6 Å². The number of hydrogen-bond acceptors (Lipinski definition) is 2. The van der Waals surface area contributed by atoms with Gasteiger partial charge >= 0.3 is 5.97 Å². The molecular formula is C12H13F2NO3. The summed E-state index contributed by atoms with van der Waals surface area (Å²) in [6.45, 7) is 1.22. The van der Waals surface area contributed by atoms with E-state index in [4.69, 9.17) is 5.11 Å². The molecule has 0 saturated heterocycles. The Bertz CT molecular complexity index is 462. The molecule has 1 unspecified atom stereocenters. The van der Waals surface area contributed by atoms with Crippen LogP contribution in [0.25, 0.3) is 0 Å². The van der Waals surface area contributed by atoms with Crippen LogP contribution in [0.5, 0.6) is 0 Å². The molecule has 1 rings (SSSR count). The molecule has 18 heavy (non-hydrogen) atoms. The van der Waals surface area contributed by atoms with E-state index in [1.807, 2.05) is 0 Å². The second-order valence-corrected chi connectivity index (χ2v) is 3.84. The van der Waals surface area contributed by atoms with Crippen molar-refractivity contribution in [3.63, 3.8) is 0 Å². The molecule has 1 N–H and O–H groups in total. The molecule has 0 bridgehead atoms. The van der Waals surface area contributed by atoms with Crippen LogP contribution >= 0.6 is 0 Å². The van der Waals surface area contributed by atoms with E-state index in [1.165, 1.54) is 32.2 Å². The highest BCUT2D eigenvalue weighted by Gasteiger charge is 2.27. The molecule has 0 aliphatic heterocycles. The van der Waals surface area contributed by atoms with Gasteiger partial charge in [-0.3, -0.25) is 4.79 Å². The number of halogens is 2. The first kappa shape index (κ1) is 14.1. The van der Waals surface area contributed by atoms with Gasteiger partial charge in [0, 0.05) is 19.5 Å². The number of carboxylic acids is 1. The first-order valence-electron chi connectivity index (χ1n) is 5.18. The lowest BCUT2D eigenvalue weighted by Crippen LogP contribution is -2.34. The normalized spacial score (nSPS) is 12.3. The number of carbonyl (C=O) groups excluding carboxylic acids is 1. The van der Waals surface area contributed by atoms with Gasteiger partial charge in [-0.1, -0.05) is 18.2 Å². The number of rotatable bonds is 4. The molecule has 0 saturated carbocycles. The number of alkyl halides is 2. The van der Waals surface area contributed by atoms with Crippen molar-refractivity contribution in [3.05, 3.63) is 35.4 Å². The number of carboxylic acid groups (broad SMARTS) is 1. The van der Waals surface area contributed by atoms with Crippen molar-refractivity contribution >= 4 is 11.9 Å². The summed E-state index contributed by atoms with van der Waals surface area (Å²) in [6.07, 6.45) is -2.68. The minimum Gasteiger partial charge on any atom is -0.479 e. The summed E-state index contributed by atoms with van der Waals surface area (Å²) in [4.78, 5) is 23.3. The lowest BCUT2D eigenvalue weighted by atomic mass is 10.0. The van der Waals surface area contributed by atoms with Crippen molar-refractivity contribution in [1.29, 1.82) is 0 Å². The molecule has 6 heteroatoms. The smallest absolute Gasteiger partial charge is 0.331 e. The summed E-state index contributed by atoms with van der Waals surface area (Å²) < 4.78 is 25.1. The predicted molar refractivity (Wildman–Crippen MR) is 60.2 cm³/mol. The van der Waals surface area contributed by atoms with Crippen LogP contribution in [0.2, 0.25) is 0 Å². The summed E-state index contributed by atoms with van der Waals surface area (Å²) in [7, 11) is 1.32. The van der Waals surface area contributed by atoms with Crippen LogP contribution in [0.15, 0.2) is 24.3 Å². The molecule has 0 fully saturated rings. The van der Waals surface area contributed by atoms with Crippen molar-refractivity contribution in [2.75, 3.05) is 7.05 Å². The molecule has 4 nitrogen and oxygen atoms in total. The van der Waals surface area contributed by atoms with Crippen molar-refractivity contribution in [2.24, 2.45) is 0 Å². The van der Waals surface area contributed by atoms with Crippen molar-refractivity contribution < 1.29 is 23.5 Å². The molecule has 0 spiro atoms. The fraction of sp³-hybridized carbons (Fsp3) is 0.333. The maximum atomic E-state index is 12.5. The number of likely N-dealkylation sites (N-methyl/N-ethyl adjacent to an activating group) is 1. The molecule has 0 aliphatic carbocycles. The van der Waals surface area contributed by atoms with Crippen LogP contribution in [0.3, 0.4) is 0 Å². The van der Waals surface area contributed by atoms with Gasteiger partial charge in [0.15, 0.2) is 6.04 Å². The van der Waals surface area contributed by atoms with E-state index in [0.717, 1.165) is 11.0 Å². The number of aliphatic carboxylic acids is 1. The van der Waals surface area contributed by atoms with E-state index in [0.29, 0.717) is 0 Å². The summed E-state index contributed by atoms with van der Waals surface area (Å²) in [5.74, 6) is -1.72. The number of nitrogens with zero attached hydrogens (tertiary/aromatic N) is 1. The lowest BCUT2D eigenvalue weighted by Gasteiger charge is -2.24. The monoisotopic (exact) mass is 257 g/mol. The highest BCUT2D eigenvalue weighted by atomic mass is 19.3. The molecule has 98 valence electrons. The maximum absolute atomic E-state index is 12.5. The molecular weight excluding hydrogens is 244 g/mol. The SMILES string of the molecule is CC(=O)N(C)C(C(=O)O)c1cccc(C(F)F)c1. The molecule has 0 aromatic heterocycles. The molecule has 1 amide bonds. The van der Waals surface area contributed by atoms with Crippen LogP contribution in [0, 0.1) is 0 Å². The Kier molecular flexibility index (Phi) is 4.36. The zero-order chi connectivity index (χ0) is 13.9. The van der Waals surface area contributed by atoms with Gasteiger partial charge in [0.05, 0.1) is 0 Å². The second-order valence-electron chi connectivity index (χ2n) is 3.84. The first-order chi connectivity index (χ1) is 8.34. The summed E-state index contributed by atoms with van der Waals surface area (Å²) in [5, 5.41) is 9.09. The van der Waals surface area contributed by atoms with Gasteiger partial charge in [0.25, 0.3) is 6.43 Å². The third kappa shape index (κ3) is 3.03. The molecule has 0 radical (unpaired) electrons. The zero-order valence-corrected chi connectivity index (χ0v) is 9.93. The number of benzene rings is 1. The molecule has 1 atom stereocenters. The van der Waals surface area contributed by atoms with Crippen LogP contribution in [-0.2, 0) is 9.59 Å². The van der Waals surface area contributed by atoms with Crippen LogP contribution in [0.4, 0.5) is 8.78 Å². The third-order valence-corrected chi connectivity index (χ3v) is 2.60. The van der Waals surface area contributed by atoms with Crippen molar-refractivity contribution in [2.45, 2.75) is 19.4 Å². The summed E-state index contributed by atoms with van der Waals surface area (Å²) in [6, 6.07) is 3.80. The first-order valence-corrected chi connectivity index (χ1v) is 5.18. The second kappa shape index (κ2) is 5.57. The van der Waals surface area contributed by atoms with Crippen LogP contribution in [0.1, 0.15) is 30.5 Å². The van der Waals surface area contributed by atoms with Crippen LogP contribution in [-0.4, -0.2) is 28.9 Å². The van der Waals surface area contributed by atoms with E-state index in [-0.39, 0.29) is 11.1 Å². The fourth-order valence-electron chi connectivity index (χ4n) is 1.58. The van der Waals surface area contributed by atoms with Crippen molar-refractivity contribution in [3.8, 4) is 0 Å². The van der Waals surface area contributed by atoms with Crippen LogP contribution < -0.4 is 0 Å². The number of hydrogen-bond donors (Lipinski definition) is 1. The molecule has 0 aliphatic rings. The Morgan fingerprint density at radius 2 is 1.83 bits per heavy atom. The Morgan fingerprint density at radius 3 is 2.28 bits per heavy atom. The minimum atomic E-state index is -2.68. The van der Waals surface area contributed by atoms with E-state index in [1.54, 1.807) is 0 Å². The number of carbonyl (C=O) groups is 2. The average Bonchev–Trinajstić information content (AvgIpc) is 2.28. The van der Waals surface area contributed by atoms with Gasteiger partial charge in [-0.2, -0.15) is 0 Å². The third-order valence-electron chi connectivity index (χ3n) is 2.60. The molecule has 1 aromatic carbocycles. The maximum Gasteiger partial charge on any atom is 0.331 e. The van der Waals surface area contributed by atoms with Crippen molar-refractivity contribution in [1.82, 2.24) is 4.90 Å². The molecule has 0 heterocycles. The van der Waals surface area contributed by atoms with E-state index >= 15 is 0 Å². The topological polar surface area (TPSA) is 57.6 Å². The Hall–Kier alpha value is -1.98. The Morgan fingerprint density at radius 1 is 1.28 bits per heavy atom. The molecule has 1 aromatic rings. The summed E-state index contributed by atoms with van der Waals surface area (Å²) >= 11 is 0. The van der Waals surface area contributed by atoms with E-state index in [2.05, 4.69) is 0 Å². The van der Waals surface area contributed by atoms with Gasteiger partial charge in [-0.05, 0) is 11.6 Å². The average molecular weight is 257 g/mol. The minimum absolute atomic E-state index is 0.151. The van der Waals surface area contributed by atoms with E-state index < -0.39 is 24.3 Å². The zero-order valence-electron chi connectivity index (χ0n) is 9.93. The highest BCUT2D eigenvalue weighted by molar-refractivity contribution is 5.83. The largest absolute Gasteiger partial charge is 0.479 e. The Balaban J connectivity index is 3.18. The summed E-state index contributed by atoms with van der Waals surface area (Å²) in [5.41, 5.74) is -0.117. The Labute approximate surface area is 103 Å². The quantitative estimate of drug-likeness (QED) is 0.899. The van der Waals surface area contributed by atoms with Gasteiger partial charge in [0.1, 0.15) is 0 Å². The van der Waals surface area contributed by atoms with Gasteiger partial charge in [0.2, 0.25) is 5.91 Å². The fourth-order valence-corrected chi connectivity index (χ4v) is 1.58. The predicted octanol–water partition coefficient (Wildman–Crippen LogP) is 2.23. The van der Waals surface area contributed by atoms with Gasteiger partial charge < -0.3 is 10.0 Å². The standard InChI is InChI=1S/C12H13F2NO3/c1-7(16)15(2)10(12(17)18)8-4-3-5-9(6-8)11(13)14/h3-6,10-11H,1-2H3,(H,17,18).